The molecule has 3 unspecified atom stereocenters. The Morgan fingerprint density at radius 2 is 1.60 bits per heavy atom. The van der Waals surface area contributed by atoms with Crippen LogP contribution in [0.15, 0.2) is 77.8 Å². The maximum atomic E-state index is 13.4. The molecule has 0 spiro atoms. The first kappa shape index (κ1) is 44.3. The number of sulfonamides is 1. The van der Waals surface area contributed by atoms with E-state index in [-0.39, 0.29) is 23.6 Å². The van der Waals surface area contributed by atoms with Crippen molar-refractivity contribution in [3.8, 4) is 5.75 Å². The van der Waals surface area contributed by atoms with Crippen LogP contribution in [0.3, 0.4) is 0 Å². The van der Waals surface area contributed by atoms with Crippen molar-refractivity contribution in [2.45, 2.75) is 88.4 Å². The molecule has 5 fully saturated rings. The van der Waals surface area contributed by atoms with Gasteiger partial charge in [-0.25, -0.2) is 18.1 Å². The SMILES string of the molecule is Cc1cnc(Nc2ccc(OCCN3CCC(CN4C5CC4CN(c4ccc6c(c4)C(=O)N(C4CCC(=O)NC4=O)C6=O)C5)CC3)cc2)nc1Nc1cccc(S(=O)(=O)NC(C)(C)C)c1. The molecule has 6 aliphatic rings. The first-order valence-corrected chi connectivity index (χ1v) is 23.9. The standard InChI is InChI=1S/C47H56N10O7S/c1-29-25-48-46(52-42(29)49-32-6-5-7-37(22-32)65(62,63)53-47(2,3)4)50-31-8-11-36(12-9-31)64-21-20-54-18-16-30(17-19-54)26-56-34-23-35(56)28-55(27-34)33-10-13-38-39(24-33)45(61)57(44(38)60)40-14-15-41(58)51-43(40)59/h5-13,22,24-25,30,34-35,40,53H,14-21,23,26-28H2,1-4H3,(H,51,58,59)(H2,48,49,50,52). The molecule has 4 N–H and O–H groups in total. The van der Waals surface area contributed by atoms with E-state index in [9.17, 15) is 27.6 Å². The van der Waals surface area contributed by atoms with Crippen LogP contribution < -0.4 is 30.3 Å². The van der Waals surface area contributed by atoms with Crippen LogP contribution in [0.2, 0.25) is 0 Å². The summed E-state index contributed by atoms with van der Waals surface area (Å²) < 4.78 is 34.6. The van der Waals surface area contributed by atoms with Gasteiger partial charge in [0.25, 0.3) is 11.8 Å². The summed E-state index contributed by atoms with van der Waals surface area (Å²) in [5.74, 6) is 0.420. The van der Waals surface area contributed by atoms with Gasteiger partial charge >= 0.3 is 0 Å². The fraction of sp³-hybridized carbons (Fsp3) is 0.447. The number of carbonyl (C=O) groups excluding carboxylic acids is 4. The van der Waals surface area contributed by atoms with Crippen molar-refractivity contribution in [1.29, 1.82) is 0 Å². The Bertz CT molecular complexity index is 2600. The van der Waals surface area contributed by atoms with Crippen molar-refractivity contribution in [3.05, 3.63) is 89.6 Å². The third kappa shape index (κ3) is 9.71. The smallest absolute Gasteiger partial charge is 0.262 e. The van der Waals surface area contributed by atoms with Gasteiger partial charge in [-0.1, -0.05) is 6.07 Å². The Kier molecular flexibility index (Phi) is 12.1. The van der Waals surface area contributed by atoms with Gasteiger partial charge in [-0.15, -0.1) is 0 Å². The number of nitrogens with zero attached hydrogens (tertiary/aromatic N) is 6. The van der Waals surface area contributed by atoms with Gasteiger partial charge in [-0.05, 0) is 133 Å². The van der Waals surface area contributed by atoms with E-state index in [0.717, 1.165) is 86.1 Å². The zero-order chi connectivity index (χ0) is 45.6. The lowest BCUT2D eigenvalue weighted by Crippen LogP contribution is -2.69. The second-order valence-electron chi connectivity index (χ2n) is 18.8. The average molecular weight is 905 g/mol. The molecular formula is C47H56N10O7S. The number of carbonyl (C=O) groups is 4. The molecule has 4 amide bonds. The Morgan fingerprint density at radius 3 is 2.32 bits per heavy atom. The molecule has 5 saturated heterocycles. The lowest BCUT2D eigenvalue weighted by Gasteiger charge is -2.58. The number of aromatic nitrogens is 2. The van der Waals surface area contributed by atoms with Crippen LogP contribution in [0.1, 0.15) is 79.2 Å². The van der Waals surface area contributed by atoms with E-state index < -0.39 is 39.3 Å². The van der Waals surface area contributed by atoms with Crippen LogP contribution in [-0.2, 0) is 19.6 Å². The molecule has 6 aliphatic heterocycles. The summed E-state index contributed by atoms with van der Waals surface area (Å²) in [5.41, 5.74) is 3.12. The minimum atomic E-state index is -3.70. The first-order valence-electron chi connectivity index (χ1n) is 22.4. The zero-order valence-electron chi connectivity index (χ0n) is 37.2. The number of rotatable bonds is 14. The molecule has 0 radical (unpaired) electrons. The number of ether oxygens (including phenoxy) is 1. The van der Waals surface area contributed by atoms with Gasteiger partial charge in [0.2, 0.25) is 27.8 Å². The van der Waals surface area contributed by atoms with Crippen LogP contribution in [-0.4, -0.2) is 126 Å². The van der Waals surface area contributed by atoms with E-state index in [2.05, 4.69) is 45.3 Å². The number of amides is 4. The number of hydrogen-bond donors (Lipinski definition) is 4. The van der Waals surface area contributed by atoms with E-state index >= 15 is 0 Å². The Morgan fingerprint density at radius 1 is 0.862 bits per heavy atom. The summed E-state index contributed by atoms with van der Waals surface area (Å²) in [5, 5.41) is 8.74. The molecule has 3 atom stereocenters. The molecule has 18 heteroatoms. The quantitative estimate of drug-likeness (QED) is 0.126. The Hall–Kier alpha value is -5.95. The predicted molar refractivity (Wildman–Crippen MR) is 245 cm³/mol. The van der Waals surface area contributed by atoms with E-state index in [1.807, 2.05) is 37.3 Å². The van der Waals surface area contributed by atoms with Crippen molar-refractivity contribution in [1.82, 2.24) is 34.7 Å². The van der Waals surface area contributed by atoms with Crippen molar-refractivity contribution in [2.24, 2.45) is 5.92 Å². The number of anilines is 5. The molecule has 10 rings (SSSR count). The van der Waals surface area contributed by atoms with E-state index in [1.54, 1.807) is 63.4 Å². The predicted octanol–water partition coefficient (Wildman–Crippen LogP) is 4.80. The van der Waals surface area contributed by atoms with Crippen molar-refractivity contribution in [3.63, 3.8) is 0 Å². The van der Waals surface area contributed by atoms with Gasteiger partial charge in [-0.3, -0.25) is 39.2 Å². The number of imide groups is 2. The minimum absolute atomic E-state index is 0.0947. The number of piperidine rings is 3. The van der Waals surface area contributed by atoms with Crippen LogP contribution in [0.25, 0.3) is 0 Å². The second-order valence-corrected chi connectivity index (χ2v) is 20.5. The largest absolute Gasteiger partial charge is 0.492 e. The van der Waals surface area contributed by atoms with E-state index in [4.69, 9.17) is 4.74 Å². The molecule has 0 aliphatic carbocycles. The highest BCUT2D eigenvalue weighted by atomic mass is 32.2. The van der Waals surface area contributed by atoms with Gasteiger partial charge in [0.1, 0.15) is 24.2 Å². The number of fused-ring (bicyclic) bond motifs is 3. The number of benzene rings is 3. The molecule has 65 heavy (non-hydrogen) atoms. The summed E-state index contributed by atoms with van der Waals surface area (Å²) in [4.78, 5) is 68.5. The van der Waals surface area contributed by atoms with Crippen LogP contribution >= 0.6 is 0 Å². The summed E-state index contributed by atoms with van der Waals surface area (Å²) in [7, 11) is -3.70. The summed E-state index contributed by atoms with van der Waals surface area (Å²) in [6.07, 6.45) is 5.40. The number of aryl methyl sites for hydroxylation is 1. The van der Waals surface area contributed by atoms with E-state index in [0.29, 0.717) is 53.2 Å². The third-order valence-corrected chi connectivity index (χ3v) is 14.7. The minimum Gasteiger partial charge on any atom is -0.492 e. The highest BCUT2D eigenvalue weighted by Gasteiger charge is 2.47. The van der Waals surface area contributed by atoms with Gasteiger partial charge in [0, 0.05) is 79.0 Å². The maximum absolute atomic E-state index is 13.4. The first-order chi connectivity index (χ1) is 31.1. The fourth-order valence-electron chi connectivity index (χ4n) is 9.57. The fourth-order valence-corrected chi connectivity index (χ4v) is 11.0. The average Bonchev–Trinajstić information content (AvgIpc) is 3.52. The monoisotopic (exact) mass is 904 g/mol. The highest BCUT2D eigenvalue weighted by molar-refractivity contribution is 7.89. The molecule has 2 bridgehead atoms. The number of likely N-dealkylation sites (tertiary alicyclic amines) is 1. The molecule has 17 nitrogen and oxygen atoms in total. The molecular weight excluding hydrogens is 849 g/mol. The summed E-state index contributed by atoms with van der Waals surface area (Å²) >= 11 is 0. The zero-order valence-corrected chi connectivity index (χ0v) is 38.0. The van der Waals surface area contributed by atoms with Crippen molar-refractivity contribution in [2.75, 3.05) is 61.4 Å². The van der Waals surface area contributed by atoms with Gasteiger partial charge < -0.3 is 20.3 Å². The molecule has 1 aromatic heterocycles. The lowest BCUT2D eigenvalue weighted by molar-refractivity contribution is -0.136. The van der Waals surface area contributed by atoms with Gasteiger partial charge in [-0.2, -0.15) is 4.98 Å². The van der Waals surface area contributed by atoms with Crippen molar-refractivity contribution >= 4 is 62.5 Å². The van der Waals surface area contributed by atoms with Crippen LogP contribution in [0.5, 0.6) is 5.75 Å². The molecule has 0 saturated carbocycles. The van der Waals surface area contributed by atoms with Crippen LogP contribution in [0.4, 0.5) is 28.8 Å². The highest BCUT2D eigenvalue weighted by Crippen LogP contribution is 2.38. The van der Waals surface area contributed by atoms with Gasteiger partial charge in [0.15, 0.2) is 0 Å². The topological polar surface area (TPSA) is 199 Å². The van der Waals surface area contributed by atoms with Gasteiger partial charge in [0.05, 0.1) is 16.0 Å². The van der Waals surface area contributed by atoms with E-state index in [1.165, 1.54) is 0 Å². The molecule has 342 valence electrons. The number of piperazine rings is 1. The molecule has 4 aromatic rings. The normalized spacial score (nSPS) is 21.8. The number of nitrogens with one attached hydrogen (secondary N) is 4. The maximum Gasteiger partial charge on any atom is 0.262 e. The second kappa shape index (κ2) is 17.8. The summed E-state index contributed by atoms with van der Waals surface area (Å²) in [6.45, 7) is 13.6. The Balaban J connectivity index is 0.699. The lowest BCUT2D eigenvalue weighted by atomic mass is 9.84. The molecule has 3 aromatic carbocycles. The molecule has 7 heterocycles. The van der Waals surface area contributed by atoms with Crippen molar-refractivity contribution < 1.29 is 32.3 Å². The number of hydrogen-bond acceptors (Lipinski definition) is 14. The third-order valence-electron chi connectivity index (χ3n) is 12.9. The van der Waals surface area contributed by atoms with Crippen LogP contribution in [0, 0.1) is 12.8 Å². The summed E-state index contributed by atoms with van der Waals surface area (Å²) in [6, 6.07) is 19.7. The Labute approximate surface area is 379 Å².